The molecule has 24 heavy (non-hydrogen) atoms. The van der Waals surface area contributed by atoms with Gasteiger partial charge in [-0.1, -0.05) is 0 Å². The molecule has 0 bridgehead atoms. The SMILES string of the molecule is Cl.O=C(NCCC(=O)N1C[C@H]2CNC[C@H]2C1)c1cc(F)ccc1Br. The topological polar surface area (TPSA) is 61.4 Å². The molecular formula is C16H20BrClFN3O2. The first-order chi connectivity index (χ1) is 11.0. The fourth-order valence-corrected chi connectivity index (χ4v) is 3.69. The molecule has 0 aliphatic carbocycles. The third kappa shape index (κ3) is 4.26. The van der Waals surface area contributed by atoms with Crippen LogP contribution in [0.15, 0.2) is 22.7 Å². The minimum Gasteiger partial charge on any atom is -0.351 e. The van der Waals surface area contributed by atoms with Gasteiger partial charge in [-0.15, -0.1) is 12.4 Å². The number of amides is 2. The smallest absolute Gasteiger partial charge is 0.252 e. The summed E-state index contributed by atoms with van der Waals surface area (Å²) in [5.41, 5.74) is 0.235. The third-order valence-electron chi connectivity index (χ3n) is 4.54. The van der Waals surface area contributed by atoms with E-state index in [2.05, 4.69) is 26.6 Å². The summed E-state index contributed by atoms with van der Waals surface area (Å²) < 4.78 is 13.7. The van der Waals surface area contributed by atoms with Crippen molar-refractivity contribution in [2.75, 3.05) is 32.7 Å². The summed E-state index contributed by atoms with van der Waals surface area (Å²) in [6, 6.07) is 3.95. The maximum atomic E-state index is 13.2. The lowest BCUT2D eigenvalue weighted by molar-refractivity contribution is -0.130. The molecule has 2 aliphatic rings. The number of hydrogen-bond donors (Lipinski definition) is 2. The van der Waals surface area contributed by atoms with Crippen LogP contribution in [0.4, 0.5) is 4.39 Å². The largest absolute Gasteiger partial charge is 0.351 e. The normalized spacial score (nSPS) is 22.0. The summed E-state index contributed by atoms with van der Waals surface area (Å²) in [6.45, 7) is 3.84. The van der Waals surface area contributed by atoms with Crippen molar-refractivity contribution in [1.29, 1.82) is 0 Å². The highest BCUT2D eigenvalue weighted by atomic mass is 79.9. The van der Waals surface area contributed by atoms with Crippen LogP contribution in [-0.2, 0) is 4.79 Å². The molecule has 0 unspecified atom stereocenters. The lowest BCUT2D eigenvalue weighted by Gasteiger charge is -2.17. The molecule has 2 N–H and O–H groups in total. The molecule has 5 nitrogen and oxygen atoms in total. The Morgan fingerprint density at radius 2 is 1.96 bits per heavy atom. The van der Waals surface area contributed by atoms with E-state index in [-0.39, 0.29) is 42.8 Å². The Bertz CT molecular complexity index is 619. The van der Waals surface area contributed by atoms with E-state index < -0.39 is 5.82 Å². The quantitative estimate of drug-likeness (QED) is 0.781. The van der Waals surface area contributed by atoms with Gasteiger partial charge >= 0.3 is 0 Å². The molecule has 132 valence electrons. The number of nitrogens with one attached hydrogen (secondary N) is 2. The Labute approximate surface area is 154 Å². The second-order valence-corrected chi connectivity index (χ2v) is 6.96. The van der Waals surface area contributed by atoms with Crippen molar-refractivity contribution < 1.29 is 14.0 Å². The minimum absolute atomic E-state index is 0. The lowest BCUT2D eigenvalue weighted by atomic mass is 10.0. The first-order valence-electron chi connectivity index (χ1n) is 7.76. The minimum atomic E-state index is -0.466. The van der Waals surface area contributed by atoms with E-state index in [1.165, 1.54) is 18.2 Å². The summed E-state index contributed by atoms with van der Waals surface area (Å²) in [5.74, 6) is 0.352. The number of likely N-dealkylation sites (tertiary alicyclic amines) is 1. The molecule has 0 saturated carbocycles. The molecule has 0 radical (unpaired) electrons. The van der Waals surface area contributed by atoms with Crippen molar-refractivity contribution in [1.82, 2.24) is 15.5 Å². The van der Waals surface area contributed by atoms with Gasteiger partial charge in [0, 0.05) is 43.6 Å². The van der Waals surface area contributed by atoms with Crippen molar-refractivity contribution >= 4 is 40.2 Å². The van der Waals surface area contributed by atoms with Crippen LogP contribution in [0.3, 0.4) is 0 Å². The average molecular weight is 421 g/mol. The number of nitrogens with zero attached hydrogens (tertiary/aromatic N) is 1. The van der Waals surface area contributed by atoms with Crippen LogP contribution in [0.5, 0.6) is 0 Å². The Hall–Kier alpha value is -1.18. The summed E-state index contributed by atoms with van der Waals surface area (Å²) in [5, 5.41) is 6.02. The zero-order valence-electron chi connectivity index (χ0n) is 13.1. The maximum Gasteiger partial charge on any atom is 0.252 e. The van der Waals surface area contributed by atoms with E-state index in [0.29, 0.717) is 16.3 Å². The lowest BCUT2D eigenvalue weighted by Crippen LogP contribution is -2.35. The van der Waals surface area contributed by atoms with Crippen LogP contribution in [0.2, 0.25) is 0 Å². The zero-order chi connectivity index (χ0) is 16.4. The molecular weight excluding hydrogens is 401 g/mol. The van der Waals surface area contributed by atoms with Crippen molar-refractivity contribution in [3.05, 3.63) is 34.1 Å². The first-order valence-corrected chi connectivity index (χ1v) is 8.55. The van der Waals surface area contributed by atoms with E-state index in [1.54, 1.807) is 0 Å². The van der Waals surface area contributed by atoms with Crippen molar-refractivity contribution in [2.24, 2.45) is 11.8 Å². The van der Waals surface area contributed by atoms with E-state index in [1.807, 2.05) is 4.90 Å². The van der Waals surface area contributed by atoms with Crippen LogP contribution in [0.1, 0.15) is 16.8 Å². The molecule has 2 aliphatic heterocycles. The summed E-state index contributed by atoms with van der Waals surface area (Å²) in [4.78, 5) is 26.1. The Kier molecular flexibility index (Phi) is 6.60. The number of benzene rings is 1. The van der Waals surface area contributed by atoms with Crippen LogP contribution in [0, 0.1) is 17.7 Å². The van der Waals surface area contributed by atoms with Crippen molar-refractivity contribution in [2.45, 2.75) is 6.42 Å². The van der Waals surface area contributed by atoms with Gasteiger partial charge in [0.1, 0.15) is 5.82 Å². The van der Waals surface area contributed by atoms with E-state index in [4.69, 9.17) is 0 Å². The molecule has 2 heterocycles. The third-order valence-corrected chi connectivity index (χ3v) is 5.23. The Morgan fingerprint density at radius 3 is 2.62 bits per heavy atom. The predicted octanol–water partition coefficient (Wildman–Crippen LogP) is 1.81. The highest BCUT2D eigenvalue weighted by molar-refractivity contribution is 9.10. The first kappa shape index (κ1) is 19.1. The van der Waals surface area contributed by atoms with Crippen LogP contribution < -0.4 is 10.6 Å². The van der Waals surface area contributed by atoms with E-state index in [0.717, 1.165) is 26.2 Å². The summed E-state index contributed by atoms with van der Waals surface area (Å²) >= 11 is 3.22. The monoisotopic (exact) mass is 419 g/mol. The molecule has 1 aromatic rings. The molecule has 2 atom stereocenters. The second-order valence-electron chi connectivity index (χ2n) is 6.11. The number of halogens is 3. The van der Waals surface area contributed by atoms with Crippen LogP contribution >= 0.6 is 28.3 Å². The molecule has 2 saturated heterocycles. The summed E-state index contributed by atoms with van der Waals surface area (Å²) in [7, 11) is 0. The van der Waals surface area contributed by atoms with Gasteiger partial charge in [-0.05, 0) is 46.0 Å². The van der Waals surface area contributed by atoms with Crippen LogP contribution in [0.25, 0.3) is 0 Å². The number of fused-ring (bicyclic) bond motifs is 1. The Morgan fingerprint density at radius 1 is 1.29 bits per heavy atom. The number of hydrogen-bond acceptors (Lipinski definition) is 3. The van der Waals surface area contributed by atoms with Gasteiger partial charge in [-0.25, -0.2) is 4.39 Å². The molecule has 0 aromatic heterocycles. The predicted molar refractivity (Wildman–Crippen MR) is 94.7 cm³/mol. The highest BCUT2D eigenvalue weighted by Gasteiger charge is 2.37. The van der Waals surface area contributed by atoms with Crippen molar-refractivity contribution in [3.63, 3.8) is 0 Å². The van der Waals surface area contributed by atoms with Gasteiger partial charge in [0.2, 0.25) is 5.91 Å². The van der Waals surface area contributed by atoms with Crippen LogP contribution in [-0.4, -0.2) is 49.4 Å². The molecule has 1 aromatic carbocycles. The van der Waals surface area contributed by atoms with Gasteiger partial charge in [-0.2, -0.15) is 0 Å². The van der Waals surface area contributed by atoms with E-state index >= 15 is 0 Å². The second kappa shape index (κ2) is 8.27. The van der Waals surface area contributed by atoms with Gasteiger partial charge in [0.15, 0.2) is 0 Å². The van der Waals surface area contributed by atoms with Gasteiger partial charge in [-0.3, -0.25) is 9.59 Å². The van der Waals surface area contributed by atoms with Gasteiger partial charge in [0.25, 0.3) is 5.91 Å². The Balaban J connectivity index is 0.00000208. The fraction of sp³-hybridized carbons (Fsp3) is 0.500. The molecule has 2 fully saturated rings. The van der Waals surface area contributed by atoms with Gasteiger partial charge in [0.05, 0.1) is 5.56 Å². The van der Waals surface area contributed by atoms with Gasteiger partial charge < -0.3 is 15.5 Å². The molecule has 2 amide bonds. The summed E-state index contributed by atoms with van der Waals surface area (Å²) in [6.07, 6.45) is 0.269. The molecule has 0 spiro atoms. The van der Waals surface area contributed by atoms with Crippen molar-refractivity contribution in [3.8, 4) is 0 Å². The number of carbonyl (C=O) groups excluding carboxylic acids is 2. The maximum absolute atomic E-state index is 13.2. The number of carbonyl (C=O) groups is 2. The molecule has 8 heteroatoms. The highest BCUT2D eigenvalue weighted by Crippen LogP contribution is 2.26. The zero-order valence-corrected chi connectivity index (χ0v) is 15.5. The average Bonchev–Trinajstić information content (AvgIpc) is 3.10. The standard InChI is InChI=1S/C16H19BrFN3O2.ClH/c17-14-2-1-12(18)5-13(14)16(23)20-4-3-15(22)21-8-10-6-19-7-11(10)9-21;/h1-2,5,10-11,19H,3-4,6-9H2,(H,20,23);1H/t10-,11+;. The van der Waals surface area contributed by atoms with E-state index in [9.17, 15) is 14.0 Å². The molecule has 3 rings (SSSR count). The fourth-order valence-electron chi connectivity index (χ4n) is 3.27. The number of rotatable bonds is 4.